The Labute approximate surface area is 295 Å². The van der Waals surface area contributed by atoms with Gasteiger partial charge in [-0.1, -0.05) is 38.3 Å². The molecule has 3 aliphatic rings. The van der Waals surface area contributed by atoms with Crippen LogP contribution in [0.15, 0.2) is 53.4 Å². The topological polar surface area (TPSA) is 112 Å². The van der Waals surface area contributed by atoms with Crippen LogP contribution in [-0.4, -0.2) is 121 Å². The monoisotopic (exact) mass is 713 g/mol. The van der Waals surface area contributed by atoms with E-state index >= 15 is 0 Å². The summed E-state index contributed by atoms with van der Waals surface area (Å²) >= 11 is 0. The minimum Gasteiger partial charge on any atom is -0.378 e. The Hall–Kier alpha value is -2.73. The molecule has 0 bridgehead atoms. The van der Waals surface area contributed by atoms with Gasteiger partial charge < -0.3 is 14.7 Å². The van der Waals surface area contributed by atoms with Crippen LogP contribution < -0.4 is 9.80 Å². The van der Waals surface area contributed by atoms with Crippen LogP contribution in [0.4, 0.5) is 11.4 Å². The van der Waals surface area contributed by atoms with Gasteiger partial charge in [-0.25, -0.2) is 8.42 Å². The van der Waals surface area contributed by atoms with Crippen LogP contribution in [0.3, 0.4) is 0 Å². The highest BCUT2D eigenvalue weighted by atomic mass is 32.2. The Morgan fingerprint density at radius 1 is 0.735 bits per heavy atom. The number of sulfonamides is 1. The molecule has 2 saturated heterocycles. The van der Waals surface area contributed by atoms with Crippen molar-refractivity contribution in [3.8, 4) is 6.07 Å². The lowest BCUT2D eigenvalue weighted by Gasteiger charge is -2.39. The molecule has 0 unspecified atom stereocenters. The summed E-state index contributed by atoms with van der Waals surface area (Å²) < 4.78 is 61.5. The lowest BCUT2D eigenvalue weighted by Crippen LogP contribution is -2.54. The standard InChI is InChI=1S/C36H55N7O4S2/c1-31-28-42(48(44,45)35-17-15-34(16-18-35)38(2)3)21-9-19-39(30-32-11-5-4-6-12-32)20-10-22-43(29-31)49(46,47)41-25-23-40(24-26-41)36-14-8-7-13-33(36)27-37/h7-8,13-18,31-32H,4-6,9-12,19-26,28-30H2,1-3H3/t31-/m0/s1. The van der Waals surface area contributed by atoms with Gasteiger partial charge in [0.15, 0.2) is 0 Å². The molecule has 13 heteroatoms. The summed E-state index contributed by atoms with van der Waals surface area (Å²) in [6.07, 6.45) is 7.73. The molecule has 0 spiro atoms. The molecular weight excluding hydrogens is 659 g/mol. The average Bonchev–Trinajstić information content (AvgIpc) is 3.10. The summed E-state index contributed by atoms with van der Waals surface area (Å²) in [5.74, 6) is 0.422. The van der Waals surface area contributed by atoms with Crippen molar-refractivity contribution in [1.82, 2.24) is 17.8 Å². The van der Waals surface area contributed by atoms with Gasteiger partial charge in [0.25, 0.3) is 10.2 Å². The van der Waals surface area contributed by atoms with Gasteiger partial charge in [0.2, 0.25) is 10.0 Å². The predicted octanol–water partition coefficient (Wildman–Crippen LogP) is 4.30. The lowest BCUT2D eigenvalue weighted by atomic mass is 9.89. The lowest BCUT2D eigenvalue weighted by molar-refractivity contribution is 0.179. The average molecular weight is 714 g/mol. The molecule has 0 N–H and O–H groups in total. The quantitative estimate of drug-likeness (QED) is 0.399. The number of anilines is 2. The molecule has 2 aromatic carbocycles. The van der Waals surface area contributed by atoms with E-state index in [4.69, 9.17) is 0 Å². The van der Waals surface area contributed by atoms with Gasteiger partial charge in [-0.05, 0) is 87.0 Å². The van der Waals surface area contributed by atoms with E-state index in [0.717, 1.165) is 43.9 Å². The van der Waals surface area contributed by atoms with E-state index in [1.807, 2.05) is 56.3 Å². The predicted molar refractivity (Wildman–Crippen MR) is 196 cm³/mol. The summed E-state index contributed by atoms with van der Waals surface area (Å²) in [7, 11) is -3.75. The van der Waals surface area contributed by atoms with Crippen molar-refractivity contribution >= 4 is 31.6 Å². The smallest absolute Gasteiger partial charge is 0.282 e. The number of rotatable bonds is 8. The molecule has 0 amide bonds. The molecule has 2 aromatic rings. The zero-order valence-electron chi connectivity index (χ0n) is 29.6. The van der Waals surface area contributed by atoms with Crippen molar-refractivity contribution in [2.24, 2.45) is 11.8 Å². The molecule has 2 aliphatic heterocycles. The number of nitrogens with zero attached hydrogens (tertiary/aromatic N) is 7. The largest absolute Gasteiger partial charge is 0.378 e. The van der Waals surface area contributed by atoms with E-state index in [0.29, 0.717) is 50.7 Å². The maximum atomic E-state index is 14.3. The van der Waals surface area contributed by atoms with E-state index in [2.05, 4.69) is 15.9 Å². The minimum absolute atomic E-state index is 0.216. The third-order valence-electron chi connectivity index (χ3n) is 10.3. The highest BCUT2D eigenvalue weighted by Gasteiger charge is 2.35. The third-order valence-corrected chi connectivity index (χ3v) is 14.2. The van der Waals surface area contributed by atoms with Crippen LogP contribution in [0.25, 0.3) is 0 Å². The second kappa shape index (κ2) is 17.0. The first-order valence-corrected chi connectivity index (χ1v) is 20.8. The number of piperazine rings is 1. The zero-order chi connectivity index (χ0) is 35.0. The third kappa shape index (κ3) is 9.54. The number of hydrogen-bond acceptors (Lipinski definition) is 8. The van der Waals surface area contributed by atoms with Crippen LogP contribution >= 0.6 is 0 Å². The highest BCUT2D eigenvalue weighted by molar-refractivity contribution is 7.89. The summed E-state index contributed by atoms with van der Waals surface area (Å²) in [6, 6.07) is 16.7. The van der Waals surface area contributed by atoms with Crippen molar-refractivity contribution < 1.29 is 16.8 Å². The summed E-state index contributed by atoms with van der Waals surface area (Å²) in [5.41, 5.74) is 2.34. The molecular formula is C36H55N7O4S2. The van der Waals surface area contributed by atoms with Crippen LogP contribution in [0.2, 0.25) is 0 Å². The van der Waals surface area contributed by atoms with E-state index in [9.17, 15) is 22.1 Å². The van der Waals surface area contributed by atoms with Gasteiger partial charge in [0, 0.05) is 78.7 Å². The van der Waals surface area contributed by atoms with Gasteiger partial charge in [-0.15, -0.1) is 0 Å². The van der Waals surface area contributed by atoms with Crippen molar-refractivity contribution in [2.45, 2.75) is 56.8 Å². The molecule has 1 aliphatic carbocycles. The normalized spacial score (nSPS) is 22.6. The molecule has 3 fully saturated rings. The maximum Gasteiger partial charge on any atom is 0.282 e. The van der Waals surface area contributed by atoms with E-state index < -0.39 is 20.2 Å². The van der Waals surface area contributed by atoms with E-state index in [-0.39, 0.29) is 23.9 Å². The van der Waals surface area contributed by atoms with E-state index in [1.165, 1.54) is 32.1 Å². The van der Waals surface area contributed by atoms with Gasteiger partial charge in [0.1, 0.15) is 6.07 Å². The maximum absolute atomic E-state index is 14.3. The highest BCUT2D eigenvalue weighted by Crippen LogP contribution is 2.27. The number of para-hydroxylation sites is 1. The van der Waals surface area contributed by atoms with Crippen molar-refractivity contribution in [3.05, 3.63) is 54.1 Å². The molecule has 1 atom stereocenters. The molecule has 2 heterocycles. The number of benzene rings is 2. The summed E-state index contributed by atoms with van der Waals surface area (Å²) in [4.78, 5) is 6.74. The molecule has 49 heavy (non-hydrogen) atoms. The molecule has 5 rings (SSSR count). The molecule has 11 nitrogen and oxygen atoms in total. The van der Waals surface area contributed by atoms with Crippen molar-refractivity contribution in [1.29, 1.82) is 5.26 Å². The number of nitriles is 1. The van der Waals surface area contributed by atoms with Crippen LogP contribution in [0.5, 0.6) is 0 Å². The Morgan fingerprint density at radius 3 is 1.98 bits per heavy atom. The SMILES string of the molecule is C[C@H]1CN(S(=O)(=O)c2ccc(N(C)C)cc2)CCCN(CC2CCCCC2)CCCN(S(=O)(=O)N2CCN(c3ccccc3C#N)CC2)C1. The fourth-order valence-electron chi connectivity index (χ4n) is 7.57. The van der Waals surface area contributed by atoms with Gasteiger partial charge in [-0.3, -0.25) is 0 Å². The Morgan fingerprint density at radius 2 is 1.35 bits per heavy atom. The number of hydrogen-bond donors (Lipinski definition) is 0. The summed E-state index contributed by atoms with van der Waals surface area (Å²) in [5, 5.41) is 9.59. The second-order valence-corrected chi connectivity index (χ2v) is 18.1. The second-order valence-electron chi connectivity index (χ2n) is 14.2. The molecule has 0 aromatic heterocycles. The fourth-order valence-corrected chi connectivity index (χ4v) is 10.9. The fraction of sp³-hybridized carbons (Fsp3) is 0.639. The first-order chi connectivity index (χ1) is 23.5. The van der Waals surface area contributed by atoms with Gasteiger partial charge >= 0.3 is 0 Å². The van der Waals surface area contributed by atoms with Gasteiger partial charge in [0.05, 0.1) is 16.1 Å². The van der Waals surface area contributed by atoms with Crippen LogP contribution in [0.1, 0.15) is 57.4 Å². The Balaban J connectivity index is 1.35. The van der Waals surface area contributed by atoms with Gasteiger partial charge in [-0.2, -0.15) is 26.6 Å². The molecule has 0 radical (unpaired) electrons. The van der Waals surface area contributed by atoms with Crippen LogP contribution in [0, 0.1) is 23.2 Å². The zero-order valence-corrected chi connectivity index (χ0v) is 31.2. The van der Waals surface area contributed by atoms with Crippen molar-refractivity contribution in [2.75, 3.05) is 95.9 Å². The Bertz CT molecular complexity index is 1620. The minimum atomic E-state index is -3.81. The van der Waals surface area contributed by atoms with E-state index in [1.54, 1.807) is 31.1 Å². The molecule has 270 valence electrons. The molecule has 1 saturated carbocycles. The first kappa shape index (κ1) is 37.5. The van der Waals surface area contributed by atoms with Crippen LogP contribution in [-0.2, 0) is 20.2 Å². The van der Waals surface area contributed by atoms with Crippen molar-refractivity contribution in [3.63, 3.8) is 0 Å². The first-order valence-electron chi connectivity index (χ1n) is 18.0. The Kier molecular flexibility index (Phi) is 13.0. The summed E-state index contributed by atoms with van der Waals surface area (Å²) in [6.45, 7) is 7.42.